The molecule has 1 saturated heterocycles. The van der Waals surface area contributed by atoms with Crippen LogP contribution in [0.25, 0.3) is 0 Å². The van der Waals surface area contributed by atoms with Gasteiger partial charge in [0.2, 0.25) is 0 Å². The van der Waals surface area contributed by atoms with Gasteiger partial charge < -0.3 is 10.4 Å². The topological polar surface area (TPSA) is 32.3 Å². The molecule has 1 unspecified atom stereocenters. The van der Waals surface area contributed by atoms with E-state index in [2.05, 4.69) is 5.32 Å². The highest BCUT2D eigenvalue weighted by atomic mass is 19.1. The van der Waals surface area contributed by atoms with Gasteiger partial charge in [-0.1, -0.05) is 6.07 Å². The van der Waals surface area contributed by atoms with Gasteiger partial charge in [-0.25, -0.2) is 4.39 Å². The Kier molecular flexibility index (Phi) is 3.79. The predicted octanol–water partition coefficient (Wildman–Crippen LogP) is 2.18. The quantitative estimate of drug-likeness (QED) is 0.826. The molecule has 1 fully saturated rings. The first-order valence-corrected chi connectivity index (χ1v) is 6.27. The van der Waals surface area contributed by atoms with E-state index in [9.17, 15) is 9.50 Å². The van der Waals surface area contributed by atoms with Crippen LogP contribution in [0.15, 0.2) is 18.2 Å². The van der Waals surface area contributed by atoms with E-state index in [-0.39, 0.29) is 5.82 Å². The first-order valence-electron chi connectivity index (χ1n) is 6.27. The molecule has 0 bridgehead atoms. The van der Waals surface area contributed by atoms with E-state index in [1.807, 2.05) is 6.92 Å². The van der Waals surface area contributed by atoms with Crippen molar-refractivity contribution in [3.63, 3.8) is 0 Å². The second-order valence-corrected chi connectivity index (χ2v) is 5.08. The number of rotatable bonds is 2. The minimum Gasteiger partial charge on any atom is -0.389 e. The van der Waals surface area contributed by atoms with Gasteiger partial charge in [0.1, 0.15) is 5.82 Å². The van der Waals surface area contributed by atoms with Crippen LogP contribution in [0, 0.1) is 12.7 Å². The molecule has 94 valence electrons. The standard InChI is InChI=1S/C14H20FNO/c1-11-3-4-13(15)9-12(11)10-14(17)5-2-7-16-8-6-14/h3-4,9,16-17H,2,5-8,10H2,1H3. The van der Waals surface area contributed by atoms with Crippen LogP contribution in [0.3, 0.4) is 0 Å². The van der Waals surface area contributed by atoms with Crippen molar-refractivity contribution in [1.29, 1.82) is 0 Å². The minimum absolute atomic E-state index is 0.221. The molecule has 17 heavy (non-hydrogen) atoms. The van der Waals surface area contributed by atoms with Crippen LogP contribution in [-0.2, 0) is 6.42 Å². The second kappa shape index (κ2) is 5.15. The Morgan fingerprint density at radius 3 is 3.00 bits per heavy atom. The molecule has 1 heterocycles. The number of benzene rings is 1. The van der Waals surface area contributed by atoms with Crippen molar-refractivity contribution in [2.24, 2.45) is 0 Å². The van der Waals surface area contributed by atoms with Crippen molar-refractivity contribution in [3.05, 3.63) is 35.1 Å². The van der Waals surface area contributed by atoms with Crippen LogP contribution in [0.4, 0.5) is 4.39 Å². The summed E-state index contributed by atoms with van der Waals surface area (Å²) in [6.45, 7) is 3.77. The average Bonchev–Trinajstić information content (AvgIpc) is 2.49. The smallest absolute Gasteiger partial charge is 0.123 e. The Balaban J connectivity index is 2.15. The first-order chi connectivity index (χ1) is 8.09. The van der Waals surface area contributed by atoms with E-state index in [1.165, 1.54) is 6.07 Å². The number of nitrogens with one attached hydrogen (secondary N) is 1. The fourth-order valence-electron chi connectivity index (χ4n) is 2.48. The molecule has 2 N–H and O–H groups in total. The number of hydrogen-bond acceptors (Lipinski definition) is 2. The molecule has 0 radical (unpaired) electrons. The molecule has 0 spiro atoms. The van der Waals surface area contributed by atoms with Crippen molar-refractivity contribution in [2.75, 3.05) is 13.1 Å². The second-order valence-electron chi connectivity index (χ2n) is 5.08. The highest BCUT2D eigenvalue weighted by molar-refractivity contribution is 5.28. The number of aliphatic hydroxyl groups is 1. The van der Waals surface area contributed by atoms with Gasteiger partial charge in [0.25, 0.3) is 0 Å². The van der Waals surface area contributed by atoms with Gasteiger partial charge in [0, 0.05) is 6.42 Å². The Morgan fingerprint density at radius 2 is 2.18 bits per heavy atom. The van der Waals surface area contributed by atoms with Crippen LogP contribution in [-0.4, -0.2) is 23.8 Å². The first kappa shape index (κ1) is 12.5. The zero-order valence-corrected chi connectivity index (χ0v) is 10.3. The van der Waals surface area contributed by atoms with Crippen LogP contribution in [0.1, 0.15) is 30.4 Å². The summed E-state index contributed by atoms with van der Waals surface area (Å²) in [6.07, 6.45) is 3.06. The fourth-order valence-corrected chi connectivity index (χ4v) is 2.48. The van der Waals surface area contributed by atoms with Crippen LogP contribution in [0.2, 0.25) is 0 Å². The molecule has 1 aromatic carbocycles. The normalized spacial score (nSPS) is 25.6. The number of aryl methyl sites for hydroxylation is 1. The molecule has 1 aromatic rings. The lowest BCUT2D eigenvalue weighted by Gasteiger charge is -2.27. The van der Waals surface area contributed by atoms with E-state index in [1.54, 1.807) is 12.1 Å². The van der Waals surface area contributed by atoms with Gasteiger partial charge in [0.05, 0.1) is 5.60 Å². The van der Waals surface area contributed by atoms with Gasteiger partial charge in [-0.3, -0.25) is 0 Å². The maximum atomic E-state index is 13.2. The third-order valence-corrected chi connectivity index (χ3v) is 3.59. The summed E-state index contributed by atoms with van der Waals surface area (Å²) in [5.41, 5.74) is 1.30. The molecule has 1 aliphatic heterocycles. The molecule has 2 rings (SSSR count). The summed E-state index contributed by atoms with van der Waals surface area (Å²) in [5.74, 6) is -0.221. The lowest BCUT2D eigenvalue weighted by molar-refractivity contribution is 0.0283. The zero-order chi connectivity index (χ0) is 12.3. The average molecular weight is 237 g/mol. The van der Waals surface area contributed by atoms with Crippen molar-refractivity contribution in [2.45, 2.75) is 38.2 Å². The van der Waals surface area contributed by atoms with Gasteiger partial charge in [-0.05, 0) is 62.5 Å². The molecule has 2 nitrogen and oxygen atoms in total. The van der Waals surface area contributed by atoms with Crippen molar-refractivity contribution < 1.29 is 9.50 Å². The Bertz CT molecular complexity index is 384. The monoisotopic (exact) mass is 237 g/mol. The van der Waals surface area contributed by atoms with E-state index in [0.29, 0.717) is 6.42 Å². The highest BCUT2D eigenvalue weighted by Crippen LogP contribution is 2.26. The lowest BCUT2D eigenvalue weighted by Crippen LogP contribution is -2.32. The van der Waals surface area contributed by atoms with Crippen LogP contribution < -0.4 is 5.32 Å². The summed E-state index contributed by atoms with van der Waals surface area (Å²) < 4.78 is 13.2. The van der Waals surface area contributed by atoms with Gasteiger partial charge in [-0.2, -0.15) is 0 Å². The summed E-state index contributed by atoms with van der Waals surface area (Å²) in [6, 6.07) is 4.80. The molecule has 0 aromatic heterocycles. The molecule has 0 amide bonds. The maximum absolute atomic E-state index is 13.2. The van der Waals surface area contributed by atoms with E-state index >= 15 is 0 Å². The largest absolute Gasteiger partial charge is 0.389 e. The van der Waals surface area contributed by atoms with Crippen LogP contribution in [0.5, 0.6) is 0 Å². The summed E-state index contributed by atoms with van der Waals surface area (Å²) >= 11 is 0. The van der Waals surface area contributed by atoms with Gasteiger partial charge in [-0.15, -0.1) is 0 Å². The van der Waals surface area contributed by atoms with E-state index < -0.39 is 5.60 Å². The Labute approximate surface area is 102 Å². The number of hydrogen-bond donors (Lipinski definition) is 2. The summed E-state index contributed by atoms with van der Waals surface area (Å²) in [4.78, 5) is 0. The third-order valence-electron chi connectivity index (χ3n) is 3.59. The molecule has 0 aliphatic carbocycles. The maximum Gasteiger partial charge on any atom is 0.123 e. The lowest BCUT2D eigenvalue weighted by atomic mass is 9.86. The highest BCUT2D eigenvalue weighted by Gasteiger charge is 2.28. The SMILES string of the molecule is Cc1ccc(F)cc1CC1(O)CCCNCC1. The summed E-state index contributed by atoms with van der Waals surface area (Å²) in [5, 5.41) is 13.8. The van der Waals surface area contributed by atoms with Crippen molar-refractivity contribution in [1.82, 2.24) is 5.32 Å². The Morgan fingerprint density at radius 1 is 1.35 bits per heavy atom. The number of halogens is 1. The fraction of sp³-hybridized carbons (Fsp3) is 0.571. The predicted molar refractivity (Wildman–Crippen MR) is 66.5 cm³/mol. The Hall–Kier alpha value is -0.930. The van der Waals surface area contributed by atoms with Gasteiger partial charge in [0.15, 0.2) is 0 Å². The minimum atomic E-state index is -0.679. The van der Waals surface area contributed by atoms with E-state index in [0.717, 1.165) is 43.5 Å². The summed E-state index contributed by atoms with van der Waals surface area (Å²) in [7, 11) is 0. The third kappa shape index (κ3) is 3.27. The molecular weight excluding hydrogens is 217 g/mol. The molecule has 3 heteroatoms. The van der Waals surface area contributed by atoms with Crippen molar-refractivity contribution in [3.8, 4) is 0 Å². The molecule has 0 saturated carbocycles. The molecular formula is C14H20FNO. The van der Waals surface area contributed by atoms with Crippen molar-refractivity contribution >= 4 is 0 Å². The van der Waals surface area contributed by atoms with E-state index in [4.69, 9.17) is 0 Å². The van der Waals surface area contributed by atoms with Crippen LogP contribution >= 0.6 is 0 Å². The zero-order valence-electron chi connectivity index (χ0n) is 10.3. The van der Waals surface area contributed by atoms with Gasteiger partial charge >= 0.3 is 0 Å². The molecule has 1 atom stereocenters. The molecule has 1 aliphatic rings.